The fraction of sp³-hybridized carbons (Fsp3) is 0. The molecule has 0 unspecified atom stereocenters. The van der Waals surface area contributed by atoms with Crippen LogP contribution in [0.15, 0.2) is 376 Å². The number of fused-ring (bicyclic) bond motifs is 6. The molecular formula is C92H62N6. The van der Waals surface area contributed by atoms with Gasteiger partial charge in [0.2, 0.25) is 11.9 Å². The van der Waals surface area contributed by atoms with E-state index in [1.165, 1.54) is 38.1 Å². The van der Waals surface area contributed by atoms with E-state index in [0.29, 0.717) is 11.9 Å². The van der Waals surface area contributed by atoms with Crippen molar-refractivity contribution in [2.75, 3.05) is 9.80 Å². The van der Waals surface area contributed by atoms with Gasteiger partial charge in [-0.2, -0.15) is 0 Å². The van der Waals surface area contributed by atoms with E-state index < -0.39 is 0 Å². The van der Waals surface area contributed by atoms with Gasteiger partial charge in [-0.3, -0.25) is 9.80 Å². The standard InChI is InChI=1S/2C46H31N3/c1-3-15-34(16-4-1)41-31-36(38-26-13-21-32-17-7-9-23-37(32)38)29-30-44(41)49(43-28-14-22-33-18-8-10-24-39(33)43)46-47-42-27-12-11-25-40(42)45(48-46)35-19-5-2-6-20-35;1-3-13-32(14-4-1)38-26-28-44(42(31-38)39-24-23-33-15-7-9-19-36(33)29-39)49(40-27-25-34-16-8-10-20-37(34)30-40)46-47-43-22-12-11-21-41(43)45(48-46)35-17-5-2-6-18-35/h2*1-31H. The van der Waals surface area contributed by atoms with Crippen LogP contribution in [0.4, 0.5) is 34.6 Å². The van der Waals surface area contributed by atoms with Crippen molar-refractivity contribution in [1.82, 2.24) is 19.9 Å². The van der Waals surface area contributed by atoms with Crippen LogP contribution in [0.2, 0.25) is 0 Å². The van der Waals surface area contributed by atoms with E-state index in [1.54, 1.807) is 0 Å². The molecular weight excluding hydrogens is 1190 g/mol. The molecule has 0 aliphatic carbocycles. The van der Waals surface area contributed by atoms with Gasteiger partial charge in [0.05, 0.1) is 39.5 Å². The Bertz CT molecular complexity index is 5950. The third-order valence-electron chi connectivity index (χ3n) is 18.5. The number of benzene rings is 16. The molecule has 0 N–H and O–H groups in total. The number of rotatable bonds is 12. The fourth-order valence-corrected chi connectivity index (χ4v) is 13.7. The molecule has 0 bridgehead atoms. The van der Waals surface area contributed by atoms with Crippen LogP contribution >= 0.6 is 0 Å². The van der Waals surface area contributed by atoms with Crippen LogP contribution in [-0.4, -0.2) is 19.9 Å². The number of nitrogens with zero attached hydrogens (tertiary/aromatic N) is 6. The SMILES string of the molecule is c1ccc(-c2cc(-c3cccc4ccccc34)ccc2N(c2nc(-c3ccccc3)c3ccccc3n2)c2cccc3ccccc23)cc1.c1ccc(-c2ccc(N(c3ccc4ccccc4c3)c3nc(-c4ccccc4)c4ccccc4n3)c(-c3ccc4ccccc4c3)c2)cc1. The Morgan fingerprint density at radius 1 is 0.184 bits per heavy atom. The van der Waals surface area contributed by atoms with Crippen molar-refractivity contribution in [3.05, 3.63) is 376 Å². The van der Waals surface area contributed by atoms with E-state index in [0.717, 1.165) is 117 Å². The summed E-state index contributed by atoms with van der Waals surface area (Å²) in [5, 5.41) is 11.5. The smallest absolute Gasteiger partial charge is 0.235 e. The summed E-state index contributed by atoms with van der Waals surface area (Å²) in [6, 6.07) is 133. The molecule has 0 spiro atoms. The highest BCUT2D eigenvalue weighted by molar-refractivity contribution is 6.05. The maximum absolute atomic E-state index is 5.40. The van der Waals surface area contributed by atoms with Gasteiger partial charge in [0.15, 0.2) is 0 Å². The van der Waals surface area contributed by atoms with Gasteiger partial charge < -0.3 is 0 Å². The van der Waals surface area contributed by atoms with E-state index in [1.807, 2.05) is 24.3 Å². The maximum atomic E-state index is 5.40. The summed E-state index contributed by atoms with van der Waals surface area (Å²) in [7, 11) is 0. The highest BCUT2D eigenvalue weighted by atomic mass is 15.3. The third kappa shape index (κ3) is 11.4. The average molecular weight is 1250 g/mol. The average Bonchev–Trinajstić information content (AvgIpc) is 0.761. The highest BCUT2D eigenvalue weighted by Gasteiger charge is 2.26. The lowest BCUT2D eigenvalue weighted by molar-refractivity contribution is 1.11. The van der Waals surface area contributed by atoms with Crippen LogP contribution < -0.4 is 9.80 Å². The monoisotopic (exact) mass is 1250 g/mol. The van der Waals surface area contributed by atoms with Gasteiger partial charge in [-0.1, -0.05) is 315 Å². The summed E-state index contributed by atoms with van der Waals surface area (Å²) in [6.45, 7) is 0. The molecule has 460 valence electrons. The molecule has 0 saturated carbocycles. The Balaban J connectivity index is 0.000000147. The molecule has 2 aromatic heterocycles. The van der Waals surface area contributed by atoms with E-state index in [-0.39, 0.29) is 0 Å². The van der Waals surface area contributed by atoms with Gasteiger partial charge in [0.25, 0.3) is 0 Å². The fourth-order valence-electron chi connectivity index (χ4n) is 13.7. The summed E-state index contributed by atoms with van der Waals surface area (Å²) in [4.78, 5) is 25.8. The van der Waals surface area contributed by atoms with Crippen molar-refractivity contribution in [2.45, 2.75) is 0 Å². The lowest BCUT2D eigenvalue weighted by Crippen LogP contribution is -2.15. The maximum Gasteiger partial charge on any atom is 0.235 e. The minimum atomic E-state index is 0.613. The van der Waals surface area contributed by atoms with Crippen molar-refractivity contribution in [3.63, 3.8) is 0 Å². The first-order valence-electron chi connectivity index (χ1n) is 33.2. The zero-order chi connectivity index (χ0) is 65.1. The van der Waals surface area contributed by atoms with Crippen molar-refractivity contribution in [2.24, 2.45) is 0 Å². The molecule has 0 radical (unpaired) electrons. The minimum Gasteiger partial charge on any atom is -0.278 e. The van der Waals surface area contributed by atoms with Crippen molar-refractivity contribution in [1.29, 1.82) is 0 Å². The molecule has 0 atom stereocenters. The molecule has 0 aliphatic heterocycles. The van der Waals surface area contributed by atoms with E-state index >= 15 is 0 Å². The van der Waals surface area contributed by atoms with Crippen LogP contribution in [0.1, 0.15) is 0 Å². The predicted octanol–water partition coefficient (Wildman–Crippen LogP) is 24.8. The van der Waals surface area contributed by atoms with E-state index in [2.05, 4.69) is 362 Å². The highest BCUT2D eigenvalue weighted by Crippen LogP contribution is 2.47. The van der Waals surface area contributed by atoms with Crippen LogP contribution in [0.5, 0.6) is 0 Å². The number of hydrogen-bond acceptors (Lipinski definition) is 6. The van der Waals surface area contributed by atoms with Crippen LogP contribution in [0.3, 0.4) is 0 Å². The van der Waals surface area contributed by atoms with E-state index in [4.69, 9.17) is 19.9 Å². The lowest BCUT2D eigenvalue weighted by atomic mass is 9.93. The van der Waals surface area contributed by atoms with Gasteiger partial charge in [0.1, 0.15) is 0 Å². The second-order valence-electron chi connectivity index (χ2n) is 24.5. The summed E-state index contributed by atoms with van der Waals surface area (Å²) in [6.07, 6.45) is 0. The van der Waals surface area contributed by atoms with Crippen molar-refractivity contribution in [3.8, 4) is 67.0 Å². The molecule has 0 aliphatic rings. The Kier molecular flexibility index (Phi) is 15.5. The van der Waals surface area contributed by atoms with Gasteiger partial charge in [0, 0.05) is 44.1 Å². The molecule has 6 nitrogen and oxygen atoms in total. The zero-order valence-corrected chi connectivity index (χ0v) is 53.5. The Morgan fingerprint density at radius 3 is 1.19 bits per heavy atom. The number of aromatic nitrogens is 4. The lowest BCUT2D eigenvalue weighted by Gasteiger charge is -2.28. The normalized spacial score (nSPS) is 11.3. The van der Waals surface area contributed by atoms with Gasteiger partial charge in [-0.25, -0.2) is 19.9 Å². The zero-order valence-electron chi connectivity index (χ0n) is 53.5. The summed E-state index contributed by atoms with van der Waals surface area (Å²) in [5.74, 6) is 1.23. The topological polar surface area (TPSA) is 58.0 Å². The van der Waals surface area contributed by atoms with Gasteiger partial charge in [-0.15, -0.1) is 0 Å². The molecule has 0 amide bonds. The Hall–Kier alpha value is -13.2. The molecule has 2 heterocycles. The van der Waals surface area contributed by atoms with Crippen molar-refractivity contribution < 1.29 is 0 Å². The first kappa shape index (κ1) is 58.6. The summed E-state index contributed by atoms with van der Waals surface area (Å²) < 4.78 is 0. The molecule has 16 aromatic carbocycles. The second kappa shape index (κ2) is 26.0. The van der Waals surface area contributed by atoms with Crippen LogP contribution in [0, 0.1) is 0 Å². The van der Waals surface area contributed by atoms with E-state index in [9.17, 15) is 0 Å². The Labute approximate surface area is 569 Å². The van der Waals surface area contributed by atoms with Gasteiger partial charge >= 0.3 is 0 Å². The number of anilines is 6. The first-order chi connectivity index (χ1) is 48.6. The third-order valence-corrected chi connectivity index (χ3v) is 18.5. The Morgan fingerprint density at radius 2 is 0.582 bits per heavy atom. The number of para-hydroxylation sites is 2. The van der Waals surface area contributed by atoms with Gasteiger partial charge in [-0.05, 0) is 132 Å². The van der Waals surface area contributed by atoms with Crippen LogP contribution in [-0.2, 0) is 0 Å². The largest absolute Gasteiger partial charge is 0.278 e. The molecule has 98 heavy (non-hydrogen) atoms. The number of hydrogen-bond donors (Lipinski definition) is 0. The molecule has 18 rings (SSSR count). The molecule has 6 heteroatoms. The van der Waals surface area contributed by atoms with Crippen LogP contribution in [0.25, 0.3) is 132 Å². The summed E-state index contributed by atoms with van der Waals surface area (Å²) >= 11 is 0. The van der Waals surface area contributed by atoms with Crippen molar-refractivity contribution >= 4 is 99.5 Å². The minimum absolute atomic E-state index is 0.613. The summed E-state index contributed by atoms with van der Waals surface area (Å²) in [5.41, 5.74) is 18.8. The molecule has 0 fully saturated rings. The first-order valence-corrected chi connectivity index (χ1v) is 33.2. The predicted molar refractivity (Wildman–Crippen MR) is 411 cm³/mol. The molecule has 18 aromatic rings. The quantitative estimate of drug-likeness (QED) is 0.121. The molecule has 0 saturated heterocycles. The second-order valence-corrected chi connectivity index (χ2v) is 24.5.